The molecule has 4 aromatic carbocycles. The Morgan fingerprint density at radius 2 is 1.53 bits per heavy atom. The molecule has 0 fully saturated rings. The van der Waals surface area contributed by atoms with E-state index in [0.717, 1.165) is 22.4 Å². The summed E-state index contributed by atoms with van der Waals surface area (Å²) in [6, 6.07) is 34.4. The van der Waals surface area contributed by atoms with Crippen LogP contribution in [0.4, 0.5) is 5.69 Å². The third-order valence-corrected chi connectivity index (χ3v) is 5.82. The van der Waals surface area contributed by atoms with E-state index < -0.39 is 0 Å². The van der Waals surface area contributed by atoms with E-state index in [9.17, 15) is 4.79 Å². The number of ether oxygens (including phenoxy) is 1. The lowest BCUT2D eigenvalue weighted by Gasteiger charge is -2.11. The molecular weight excluding hydrogens is 444 g/mol. The summed E-state index contributed by atoms with van der Waals surface area (Å²) in [5.74, 6) is 0.519. The number of carbonyl (C=O) groups is 1. The zero-order valence-electron chi connectivity index (χ0n) is 18.3. The van der Waals surface area contributed by atoms with Crippen molar-refractivity contribution in [2.75, 3.05) is 5.01 Å². The summed E-state index contributed by atoms with van der Waals surface area (Å²) in [4.78, 5) is 13.4. The Morgan fingerprint density at radius 3 is 2.29 bits per heavy atom. The van der Waals surface area contributed by atoms with Gasteiger partial charge in [0.25, 0.3) is 5.91 Å². The number of nitrogens with zero attached hydrogens (tertiary/aromatic N) is 2. The van der Waals surface area contributed by atoms with Crippen LogP contribution in [0.1, 0.15) is 16.7 Å². The van der Waals surface area contributed by atoms with Crippen LogP contribution in [0.3, 0.4) is 0 Å². The third-order valence-electron chi connectivity index (χ3n) is 5.45. The third kappa shape index (κ3) is 4.63. The van der Waals surface area contributed by atoms with Crippen LogP contribution in [0.5, 0.6) is 5.75 Å². The monoisotopic (exact) mass is 464 g/mol. The number of carbonyl (C=O) groups excluding carboxylic acids is 1. The van der Waals surface area contributed by atoms with E-state index in [4.69, 9.17) is 16.3 Å². The molecule has 0 spiro atoms. The van der Waals surface area contributed by atoms with Crippen molar-refractivity contribution in [1.29, 1.82) is 0 Å². The van der Waals surface area contributed by atoms with Crippen LogP contribution in [-0.4, -0.2) is 11.6 Å². The van der Waals surface area contributed by atoms with Crippen LogP contribution in [0, 0.1) is 0 Å². The SMILES string of the molecule is O=C1/C(=C/c2cccc(OCc3ccccc3Cl)c2)C(c2ccccc2)=NN1c1ccccc1. The molecule has 0 atom stereocenters. The maximum Gasteiger partial charge on any atom is 0.281 e. The van der Waals surface area contributed by atoms with E-state index in [1.807, 2.05) is 115 Å². The summed E-state index contributed by atoms with van der Waals surface area (Å²) in [6.45, 7) is 0.358. The Hall–Kier alpha value is -4.15. The van der Waals surface area contributed by atoms with Crippen LogP contribution in [0.25, 0.3) is 6.08 Å². The molecule has 1 aliphatic heterocycles. The fourth-order valence-electron chi connectivity index (χ4n) is 3.74. The lowest BCUT2D eigenvalue weighted by atomic mass is 10.00. The van der Waals surface area contributed by atoms with Crippen molar-refractivity contribution in [3.8, 4) is 5.75 Å². The number of hydrogen-bond donors (Lipinski definition) is 0. The largest absolute Gasteiger partial charge is 0.489 e. The number of hydrogen-bond acceptors (Lipinski definition) is 3. The first-order chi connectivity index (χ1) is 16.7. The highest BCUT2D eigenvalue weighted by atomic mass is 35.5. The van der Waals surface area contributed by atoms with E-state index in [2.05, 4.69) is 5.10 Å². The van der Waals surface area contributed by atoms with Gasteiger partial charge in [-0.15, -0.1) is 0 Å². The van der Waals surface area contributed by atoms with Gasteiger partial charge >= 0.3 is 0 Å². The van der Waals surface area contributed by atoms with Gasteiger partial charge in [0.05, 0.1) is 11.3 Å². The van der Waals surface area contributed by atoms with E-state index in [0.29, 0.717) is 28.7 Å². The van der Waals surface area contributed by atoms with Gasteiger partial charge in [0.2, 0.25) is 0 Å². The zero-order valence-corrected chi connectivity index (χ0v) is 19.0. The smallest absolute Gasteiger partial charge is 0.281 e. The molecule has 0 aliphatic carbocycles. The standard InChI is InChI=1S/C29H21ClN2O2/c30-27-17-8-7-13-23(27)20-34-25-16-9-10-21(18-25)19-26-28(22-11-3-1-4-12-22)31-32(29(26)33)24-14-5-2-6-15-24/h1-19H,20H2/b26-19+. The fourth-order valence-corrected chi connectivity index (χ4v) is 3.93. The average molecular weight is 465 g/mol. The van der Waals surface area contributed by atoms with Crippen molar-refractivity contribution < 1.29 is 9.53 Å². The highest BCUT2D eigenvalue weighted by Crippen LogP contribution is 2.28. The summed E-state index contributed by atoms with van der Waals surface area (Å²) in [5, 5.41) is 6.80. The zero-order chi connectivity index (χ0) is 23.3. The number of halogens is 1. The minimum atomic E-state index is -0.174. The van der Waals surface area contributed by atoms with Gasteiger partial charge in [-0.3, -0.25) is 4.79 Å². The Kier molecular flexibility index (Phi) is 6.23. The van der Waals surface area contributed by atoms with Crippen molar-refractivity contribution in [2.45, 2.75) is 6.61 Å². The second-order valence-electron chi connectivity index (χ2n) is 7.78. The molecule has 0 saturated carbocycles. The van der Waals surface area contributed by atoms with Gasteiger partial charge in [0, 0.05) is 16.1 Å². The first-order valence-corrected chi connectivity index (χ1v) is 11.3. The molecule has 0 unspecified atom stereocenters. The maximum atomic E-state index is 13.4. The lowest BCUT2D eigenvalue weighted by molar-refractivity contribution is -0.114. The summed E-state index contributed by atoms with van der Waals surface area (Å²) >= 11 is 6.24. The van der Waals surface area contributed by atoms with E-state index in [1.54, 1.807) is 0 Å². The molecule has 0 saturated heterocycles. The molecule has 5 heteroatoms. The highest BCUT2D eigenvalue weighted by molar-refractivity contribution is 6.37. The number of hydrazone groups is 1. The predicted octanol–water partition coefficient (Wildman–Crippen LogP) is 6.75. The first kappa shape index (κ1) is 21.7. The van der Waals surface area contributed by atoms with E-state index >= 15 is 0 Å². The molecule has 166 valence electrons. The molecule has 0 aromatic heterocycles. The second-order valence-corrected chi connectivity index (χ2v) is 8.18. The molecule has 4 nitrogen and oxygen atoms in total. The number of para-hydroxylation sites is 1. The first-order valence-electron chi connectivity index (χ1n) is 10.9. The summed E-state index contributed by atoms with van der Waals surface area (Å²) in [7, 11) is 0. The van der Waals surface area contributed by atoms with Crippen LogP contribution in [0.2, 0.25) is 5.02 Å². The normalized spacial score (nSPS) is 14.4. The number of amides is 1. The number of rotatable bonds is 6. The number of benzene rings is 4. The van der Waals surface area contributed by atoms with Crippen LogP contribution < -0.4 is 9.75 Å². The maximum absolute atomic E-state index is 13.4. The Bertz CT molecular complexity index is 1380. The molecule has 0 radical (unpaired) electrons. The van der Waals surface area contributed by atoms with Crippen molar-refractivity contribution in [3.63, 3.8) is 0 Å². The molecule has 34 heavy (non-hydrogen) atoms. The molecule has 0 bridgehead atoms. The van der Waals surface area contributed by atoms with Gasteiger partial charge < -0.3 is 4.74 Å². The van der Waals surface area contributed by atoms with Crippen LogP contribution in [-0.2, 0) is 11.4 Å². The van der Waals surface area contributed by atoms with Gasteiger partial charge in [-0.1, -0.05) is 90.5 Å². The molecular formula is C29H21ClN2O2. The van der Waals surface area contributed by atoms with Crippen molar-refractivity contribution in [3.05, 3.63) is 136 Å². The second kappa shape index (κ2) is 9.77. The molecule has 1 amide bonds. The van der Waals surface area contributed by atoms with E-state index in [1.165, 1.54) is 5.01 Å². The predicted molar refractivity (Wildman–Crippen MR) is 137 cm³/mol. The molecule has 5 rings (SSSR count). The topological polar surface area (TPSA) is 41.9 Å². The molecule has 4 aromatic rings. The Labute approximate surface area is 203 Å². The summed E-state index contributed by atoms with van der Waals surface area (Å²) < 4.78 is 5.97. The minimum absolute atomic E-state index is 0.174. The molecule has 0 N–H and O–H groups in total. The van der Waals surface area contributed by atoms with Crippen LogP contribution in [0.15, 0.2) is 120 Å². The van der Waals surface area contributed by atoms with Gasteiger partial charge in [-0.2, -0.15) is 10.1 Å². The minimum Gasteiger partial charge on any atom is -0.489 e. The van der Waals surface area contributed by atoms with Crippen LogP contribution >= 0.6 is 11.6 Å². The number of anilines is 1. The Morgan fingerprint density at radius 1 is 0.824 bits per heavy atom. The van der Waals surface area contributed by atoms with Gasteiger partial charge in [0.15, 0.2) is 0 Å². The molecule has 1 heterocycles. The average Bonchev–Trinajstić information content (AvgIpc) is 3.21. The Balaban J connectivity index is 1.46. The highest BCUT2D eigenvalue weighted by Gasteiger charge is 2.31. The van der Waals surface area contributed by atoms with Crippen molar-refractivity contribution >= 4 is 35.0 Å². The quantitative estimate of drug-likeness (QED) is 0.296. The fraction of sp³-hybridized carbons (Fsp3) is 0.0345. The van der Waals surface area contributed by atoms with E-state index in [-0.39, 0.29) is 5.91 Å². The summed E-state index contributed by atoms with van der Waals surface area (Å²) in [5.41, 5.74) is 4.53. The molecule has 1 aliphatic rings. The van der Waals surface area contributed by atoms with Gasteiger partial charge in [0.1, 0.15) is 18.1 Å². The van der Waals surface area contributed by atoms with Crippen molar-refractivity contribution in [2.24, 2.45) is 5.10 Å². The van der Waals surface area contributed by atoms with Gasteiger partial charge in [-0.25, -0.2) is 0 Å². The van der Waals surface area contributed by atoms with Crippen molar-refractivity contribution in [1.82, 2.24) is 0 Å². The van der Waals surface area contributed by atoms with Gasteiger partial charge in [-0.05, 0) is 42.0 Å². The summed E-state index contributed by atoms with van der Waals surface area (Å²) in [6.07, 6.45) is 1.86. The lowest BCUT2D eigenvalue weighted by Crippen LogP contribution is -2.21.